The Labute approximate surface area is 154 Å². The summed E-state index contributed by atoms with van der Waals surface area (Å²) >= 11 is 0. The molecule has 0 fully saturated rings. The maximum atomic E-state index is 14.1. The van der Waals surface area contributed by atoms with Crippen molar-refractivity contribution in [2.45, 2.75) is 0 Å². The Morgan fingerprint density at radius 2 is 1.93 bits per heavy atom. The molecule has 8 nitrogen and oxygen atoms in total. The van der Waals surface area contributed by atoms with Crippen molar-refractivity contribution in [1.29, 1.82) is 0 Å². The fourth-order valence-electron chi connectivity index (χ4n) is 2.49. The van der Waals surface area contributed by atoms with Gasteiger partial charge in [0.2, 0.25) is 0 Å². The van der Waals surface area contributed by atoms with Crippen LogP contribution in [0.3, 0.4) is 0 Å². The normalized spacial score (nSPS) is 14.0. The Balaban J connectivity index is 2.27. The number of rotatable bonds is 9. The summed E-state index contributed by atoms with van der Waals surface area (Å²) in [6, 6.07) is 1.88. The van der Waals surface area contributed by atoms with Crippen LogP contribution in [0.15, 0.2) is 23.4 Å². The smallest absolute Gasteiger partial charge is 0.337 e. The van der Waals surface area contributed by atoms with Crippen molar-refractivity contribution in [2.75, 3.05) is 52.4 Å². The molecule has 0 aromatic heterocycles. The van der Waals surface area contributed by atoms with Crippen LogP contribution in [0.5, 0.6) is 5.75 Å². The van der Waals surface area contributed by atoms with Crippen molar-refractivity contribution in [3.63, 3.8) is 0 Å². The van der Waals surface area contributed by atoms with E-state index < -0.39 is 29.3 Å². The maximum Gasteiger partial charge on any atom is 0.337 e. The average molecular weight is 386 g/mol. The molecule has 0 spiro atoms. The zero-order valence-electron chi connectivity index (χ0n) is 14.9. The number of anilines is 1. The van der Waals surface area contributed by atoms with E-state index in [1.54, 1.807) is 0 Å². The lowest BCUT2D eigenvalue weighted by atomic mass is 10.2. The van der Waals surface area contributed by atoms with Crippen LogP contribution in [-0.4, -0.2) is 69.0 Å². The number of nitrogens with one attached hydrogen (secondary N) is 1. The summed E-state index contributed by atoms with van der Waals surface area (Å²) in [5.41, 5.74) is -0.251. The largest absolute Gasteiger partial charge is 0.485 e. The average Bonchev–Trinajstić information content (AvgIpc) is 2.93. The number of benzene rings is 1. The van der Waals surface area contributed by atoms with Gasteiger partial charge in [0.1, 0.15) is 12.3 Å². The number of carbonyl (C=O) groups is 2. The molecule has 148 valence electrons. The van der Waals surface area contributed by atoms with Gasteiger partial charge in [0.25, 0.3) is 5.91 Å². The second kappa shape index (κ2) is 9.28. The molecule has 0 unspecified atom stereocenters. The van der Waals surface area contributed by atoms with E-state index in [0.29, 0.717) is 0 Å². The molecule has 1 heterocycles. The highest BCUT2D eigenvalue weighted by Gasteiger charge is 2.34. The van der Waals surface area contributed by atoms with Gasteiger partial charge in [0.05, 0.1) is 32.4 Å². The van der Waals surface area contributed by atoms with E-state index in [0.717, 1.165) is 19.2 Å². The van der Waals surface area contributed by atoms with Crippen molar-refractivity contribution >= 4 is 17.6 Å². The number of esters is 1. The molecule has 0 bridgehead atoms. The van der Waals surface area contributed by atoms with Crippen LogP contribution in [0.25, 0.3) is 0 Å². The van der Waals surface area contributed by atoms with Gasteiger partial charge in [0.15, 0.2) is 17.4 Å². The molecule has 1 amide bonds. The summed E-state index contributed by atoms with van der Waals surface area (Å²) in [5, 5.41) is 11.6. The van der Waals surface area contributed by atoms with Crippen molar-refractivity contribution in [1.82, 2.24) is 4.90 Å². The monoisotopic (exact) mass is 386 g/mol. The fourth-order valence-corrected chi connectivity index (χ4v) is 2.49. The van der Waals surface area contributed by atoms with Gasteiger partial charge in [-0.3, -0.25) is 4.79 Å². The van der Waals surface area contributed by atoms with Crippen LogP contribution in [0, 0.1) is 11.6 Å². The van der Waals surface area contributed by atoms with Crippen LogP contribution in [0.2, 0.25) is 0 Å². The number of β-amino-alcohol motifs (C(OH)–C–C–N with tert-alkyl or cyclic N) is 1. The second-order valence-corrected chi connectivity index (χ2v) is 5.53. The van der Waals surface area contributed by atoms with E-state index in [-0.39, 0.29) is 49.9 Å². The molecule has 10 heteroatoms. The quantitative estimate of drug-likeness (QED) is 0.475. The molecule has 1 aromatic carbocycles. The van der Waals surface area contributed by atoms with Crippen molar-refractivity contribution in [3.05, 3.63) is 35.0 Å². The molecule has 27 heavy (non-hydrogen) atoms. The van der Waals surface area contributed by atoms with Crippen LogP contribution in [0.1, 0.15) is 0 Å². The number of aliphatic hydroxyl groups excluding tert-OH is 1. The van der Waals surface area contributed by atoms with E-state index in [2.05, 4.69) is 10.1 Å². The number of methoxy groups -OCH3 is 2. The predicted molar refractivity (Wildman–Crippen MR) is 90.1 cm³/mol. The molecule has 2 rings (SSSR count). The Hall–Kier alpha value is -2.72. The molecule has 0 radical (unpaired) electrons. The summed E-state index contributed by atoms with van der Waals surface area (Å²) in [7, 11) is 2.58. The zero-order chi connectivity index (χ0) is 20.0. The lowest BCUT2D eigenvalue weighted by Crippen LogP contribution is -2.31. The zero-order valence-corrected chi connectivity index (χ0v) is 14.9. The van der Waals surface area contributed by atoms with E-state index >= 15 is 0 Å². The van der Waals surface area contributed by atoms with Crippen molar-refractivity contribution < 1.29 is 37.7 Å². The number of nitrogens with zero attached hydrogens (tertiary/aromatic N) is 1. The van der Waals surface area contributed by atoms with Gasteiger partial charge in [-0.05, 0) is 0 Å². The number of hydrogen-bond donors (Lipinski definition) is 2. The summed E-state index contributed by atoms with van der Waals surface area (Å²) in [6.45, 7) is -0.270. The molecule has 0 atom stereocenters. The predicted octanol–water partition coefficient (Wildman–Crippen LogP) is 0.663. The lowest BCUT2D eigenvalue weighted by Gasteiger charge is -2.15. The first-order valence-electron chi connectivity index (χ1n) is 8.02. The maximum absolute atomic E-state index is 14.1. The highest BCUT2D eigenvalue weighted by molar-refractivity contribution is 6.08. The molecule has 0 aliphatic carbocycles. The van der Waals surface area contributed by atoms with Crippen LogP contribution in [-0.2, 0) is 19.1 Å². The summed E-state index contributed by atoms with van der Waals surface area (Å²) in [5.74, 6) is -3.88. The first-order chi connectivity index (χ1) is 12.9. The van der Waals surface area contributed by atoms with Crippen molar-refractivity contribution in [2.24, 2.45) is 0 Å². The SMILES string of the molecule is COCCOc1c(F)cc(NC2=C(C(=O)OC)CN(CCO)C2=O)cc1F. The van der Waals surface area contributed by atoms with E-state index in [1.807, 2.05) is 0 Å². The second-order valence-electron chi connectivity index (χ2n) is 5.53. The lowest BCUT2D eigenvalue weighted by molar-refractivity contribution is -0.136. The molecular formula is C17H20F2N2O6. The number of hydrogen-bond acceptors (Lipinski definition) is 7. The van der Waals surface area contributed by atoms with Crippen LogP contribution >= 0.6 is 0 Å². The van der Waals surface area contributed by atoms with Crippen LogP contribution in [0.4, 0.5) is 14.5 Å². The summed E-state index contributed by atoms with van der Waals surface area (Å²) < 4.78 is 42.7. The molecular weight excluding hydrogens is 366 g/mol. The topological polar surface area (TPSA) is 97.3 Å². The van der Waals surface area contributed by atoms with Gasteiger partial charge in [0, 0.05) is 31.5 Å². The molecule has 0 saturated carbocycles. The minimum absolute atomic E-state index is 0.000489. The van der Waals surface area contributed by atoms with Gasteiger partial charge in [-0.25, -0.2) is 13.6 Å². The molecule has 1 aliphatic rings. The minimum atomic E-state index is -0.980. The number of aliphatic hydroxyl groups is 1. The van der Waals surface area contributed by atoms with E-state index in [1.165, 1.54) is 12.0 Å². The number of carbonyl (C=O) groups excluding carboxylic acids is 2. The van der Waals surface area contributed by atoms with Gasteiger partial charge < -0.3 is 29.5 Å². The minimum Gasteiger partial charge on any atom is -0.485 e. The molecule has 1 aliphatic heterocycles. The van der Waals surface area contributed by atoms with Gasteiger partial charge in [-0.2, -0.15) is 0 Å². The van der Waals surface area contributed by atoms with Crippen molar-refractivity contribution in [3.8, 4) is 5.75 Å². The molecule has 1 aromatic rings. The number of halogens is 2. The highest BCUT2D eigenvalue weighted by Crippen LogP contribution is 2.28. The highest BCUT2D eigenvalue weighted by atomic mass is 19.1. The Kier molecular flexibility index (Phi) is 7.08. The Morgan fingerprint density at radius 3 is 2.48 bits per heavy atom. The third-order valence-corrected chi connectivity index (χ3v) is 3.76. The molecule has 0 saturated heterocycles. The van der Waals surface area contributed by atoms with Crippen LogP contribution < -0.4 is 10.1 Å². The number of amides is 1. The number of ether oxygens (including phenoxy) is 3. The Morgan fingerprint density at radius 1 is 1.26 bits per heavy atom. The molecule has 2 N–H and O–H groups in total. The Bertz CT molecular complexity index is 730. The first kappa shape index (κ1) is 20.6. The van der Waals surface area contributed by atoms with E-state index in [4.69, 9.17) is 14.6 Å². The van der Waals surface area contributed by atoms with E-state index in [9.17, 15) is 18.4 Å². The van der Waals surface area contributed by atoms with Gasteiger partial charge >= 0.3 is 5.97 Å². The van der Waals surface area contributed by atoms with Gasteiger partial charge in [-0.15, -0.1) is 0 Å². The standard InChI is InChI=1S/C17H20F2N2O6/c1-25-5-6-27-15-12(18)7-10(8-13(15)19)20-14-11(17(24)26-2)9-21(3-4-22)16(14)23/h7-8,20,22H,3-6,9H2,1-2H3. The third-order valence-electron chi connectivity index (χ3n) is 3.76. The third kappa shape index (κ3) is 4.72. The van der Waals surface area contributed by atoms with Gasteiger partial charge in [-0.1, -0.05) is 0 Å². The fraction of sp³-hybridized carbons (Fsp3) is 0.412. The summed E-state index contributed by atoms with van der Waals surface area (Å²) in [4.78, 5) is 25.5. The summed E-state index contributed by atoms with van der Waals surface area (Å²) in [6.07, 6.45) is 0. The first-order valence-corrected chi connectivity index (χ1v) is 8.02.